The Morgan fingerprint density at radius 2 is 1.84 bits per heavy atom. The SMILES string of the molecule is CCN(c1ccccc1)S(=O)(=O)c1ccc(Cl)c(NC(=O)c2ccc3c(=O)n4c(nc3c2)CCCCC4)c1. The molecule has 3 aromatic carbocycles. The first kappa shape index (κ1) is 25.9. The number of amides is 1. The molecule has 0 radical (unpaired) electrons. The number of para-hydroxylation sites is 1. The van der Waals surface area contributed by atoms with Crippen LogP contribution >= 0.6 is 11.6 Å². The number of benzene rings is 3. The fraction of sp³-hybridized carbons (Fsp3) is 0.250. The molecule has 1 aliphatic rings. The number of nitrogens with zero attached hydrogens (tertiary/aromatic N) is 3. The molecule has 0 saturated heterocycles. The van der Waals surface area contributed by atoms with Gasteiger partial charge in [-0.15, -0.1) is 0 Å². The van der Waals surface area contributed by atoms with E-state index in [2.05, 4.69) is 10.3 Å². The van der Waals surface area contributed by atoms with Crippen LogP contribution in [0.3, 0.4) is 0 Å². The summed E-state index contributed by atoms with van der Waals surface area (Å²) in [5.74, 6) is 0.244. The molecule has 0 fully saturated rings. The first-order valence-corrected chi connectivity index (χ1v) is 14.3. The minimum absolute atomic E-state index is 0.00112. The van der Waals surface area contributed by atoms with E-state index in [0.717, 1.165) is 31.5 Å². The van der Waals surface area contributed by atoms with E-state index in [0.29, 0.717) is 23.1 Å². The molecular weight excluding hydrogens is 524 g/mol. The molecule has 0 aliphatic carbocycles. The molecule has 1 aromatic heterocycles. The number of nitrogens with one attached hydrogen (secondary N) is 1. The van der Waals surface area contributed by atoms with Crippen LogP contribution in [-0.2, 0) is 23.0 Å². The van der Waals surface area contributed by atoms with Crippen molar-refractivity contribution < 1.29 is 13.2 Å². The van der Waals surface area contributed by atoms with E-state index < -0.39 is 15.9 Å². The summed E-state index contributed by atoms with van der Waals surface area (Å²) in [5, 5.41) is 3.38. The molecule has 0 unspecified atom stereocenters. The number of carbonyl (C=O) groups excluding carboxylic acids is 1. The highest BCUT2D eigenvalue weighted by Crippen LogP contribution is 2.30. The molecule has 0 spiro atoms. The van der Waals surface area contributed by atoms with Gasteiger partial charge in [0.05, 0.1) is 32.2 Å². The van der Waals surface area contributed by atoms with Crippen LogP contribution in [0.15, 0.2) is 76.4 Å². The molecule has 5 rings (SSSR count). The van der Waals surface area contributed by atoms with Crippen LogP contribution < -0.4 is 15.2 Å². The molecule has 8 nitrogen and oxygen atoms in total. The van der Waals surface area contributed by atoms with Crippen molar-refractivity contribution in [2.75, 3.05) is 16.2 Å². The number of hydrogen-bond donors (Lipinski definition) is 1. The Labute approximate surface area is 225 Å². The predicted molar refractivity (Wildman–Crippen MR) is 150 cm³/mol. The van der Waals surface area contributed by atoms with Gasteiger partial charge in [-0.2, -0.15) is 0 Å². The van der Waals surface area contributed by atoms with Gasteiger partial charge in [0.2, 0.25) is 0 Å². The summed E-state index contributed by atoms with van der Waals surface area (Å²) in [4.78, 5) is 30.9. The Balaban J connectivity index is 1.45. The third-order valence-electron chi connectivity index (χ3n) is 6.68. The topological polar surface area (TPSA) is 101 Å². The third-order valence-corrected chi connectivity index (χ3v) is 8.91. The Morgan fingerprint density at radius 1 is 1.05 bits per heavy atom. The molecule has 2 heterocycles. The summed E-state index contributed by atoms with van der Waals surface area (Å²) in [5.41, 5.74) is 1.34. The van der Waals surface area contributed by atoms with Crippen molar-refractivity contribution in [1.29, 1.82) is 0 Å². The second-order valence-corrected chi connectivity index (χ2v) is 11.4. The Morgan fingerprint density at radius 3 is 2.61 bits per heavy atom. The summed E-state index contributed by atoms with van der Waals surface area (Å²) in [7, 11) is -3.91. The van der Waals surface area contributed by atoms with Gasteiger partial charge in [-0.3, -0.25) is 18.5 Å². The Kier molecular flexibility index (Phi) is 7.23. The Hall–Kier alpha value is -3.69. The van der Waals surface area contributed by atoms with Gasteiger partial charge in [0.15, 0.2) is 0 Å². The third kappa shape index (κ3) is 4.91. The number of carbonyl (C=O) groups is 1. The fourth-order valence-corrected chi connectivity index (χ4v) is 6.39. The van der Waals surface area contributed by atoms with E-state index in [-0.39, 0.29) is 33.3 Å². The highest BCUT2D eigenvalue weighted by atomic mass is 35.5. The average molecular weight is 551 g/mol. The van der Waals surface area contributed by atoms with Crippen molar-refractivity contribution in [2.45, 2.75) is 44.0 Å². The number of fused-ring (bicyclic) bond motifs is 2. The van der Waals surface area contributed by atoms with Crippen LogP contribution in [0, 0.1) is 0 Å². The molecule has 10 heteroatoms. The van der Waals surface area contributed by atoms with E-state index >= 15 is 0 Å². The number of aromatic nitrogens is 2. The van der Waals surface area contributed by atoms with Crippen molar-refractivity contribution >= 4 is 49.8 Å². The van der Waals surface area contributed by atoms with Gasteiger partial charge in [0.25, 0.3) is 21.5 Å². The molecule has 1 aliphatic heterocycles. The quantitative estimate of drug-likeness (QED) is 0.353. The van der Waals surface area contributed by atoms with Crippen LogP contribution in [0.1, 0.15) is 42.4 Å². The van der Waals surface area contributed by atoms with E-state index in [1.807, 2.05) is 6.07 Å². The van der Waals surface area contributed by atoms with Crippen LogP contribution in [0.4, 0.5) is 11.4 Å². The standard InChI is InChI=1S/C28H27ClN4O4S/c1-2-33(20-9-5-3-6-10-20)38(36,37)21-13-15-23(29)25(18-21)31-27(34)19-12-14-22-24(17-19)30-26-11-7-4-8-16-32(26)28(22)35/h3,5-6,9-10,12-15,17-18H,2,4,7-8,11,16H2,1H3,(H,31,34). The van der Waals surface area contributed by atoms with Gasteiger partial charge in [-0.1, -0.05) is 36.2 Å². The lowest BCUT2D eigenvalue weighted by atomic mass is 10.1. The first-order chi connectivity index (χ1) is 18.3. The number of rotatable bonds is 6. The lowest BCUT2D eigenvalue weighted by Crippen LogP contribution is -2.30. The van der Waals surface area contributed by atoms with E-state index in [1.165, 1.54) is 22.5 Å². The van der Waals surface area contributed by atoms with Gasteiger partial charge in [0, 0.05) is 25.1 Å². The maximum absolute atomic E-state index is 13.4. The minimum Gasteiger partial charge on any atom is -0.321 e. The minimum atomic E-state index is -3.91. The lowest BCUT2D eigenvalue weighted by Gasteiger charge is -2.23. The van der Waals surface area contributed by atoms with Crippen molar-refractivity contribution in [2.24, 2.45) is 0 Å². The average Bonchev–Trinajstić information content (AvgIpc) is 3.16. The van der Waals surface area contributed by atoms with E-state index in [1.54, 1.807) is 54.0 Å². The summed E-state index contributed by atoms with van der Waals surface area (Å²) >= 11 is 6.34. The molecule has 196 valence electrons. The molecule has 4 aromatic rings. The van der Waals surface area contributed by atoms with Crippen molar-refractivity contribution in [3.05, 3.63) is 93.5 Å². The molecule has 1 N–H and O–H groups in total. The number of halogens is 1. The molecule has 38 heavy (non-hydrogen) atoms. The molecular formula is C28H27ClN4O4S. The maximum Gasteiger partial charge on any atom is 0.264 e. The smallest absolute Gasteiger partial charge is 0.264 e. The Bertz CT molecular complexity index is 1690. The monoisotopic (exact) mass is 550 g/mol. The van der Waals surface area contributed by atoms with Crippen LogP contribution in [0.25, 0.3) is 10.9 Å². The van der Waals surface area contributed by atoms with Gasteiger partial charge < -0.3 is 5.32 Å². The van der Waals surface area contributed by atoms with Gasteiger partial charge in [0.1, 0.15) is 5.82 Å². The number of hydrogen-bond acceptors (Lipinski definition) is 5. The van der Waals surface area contributed by atoms with Gasteiger partial charge >= 0.3 is 0 Å². The zero-order valence-corrected chi connectivity index (χ0v) is 22.4. The zero-order valence-electron chi connectivity index (χ0n) is 20.9. The normalized spacial score (nSPS) is 13.5. The van der Waals surface area contributed by atoms with Gasteiger partial charge in [-0.05, 0) is 68.3 Å². The summed E-state index contributed by atoms with van der Waals surface area (Å²) in [6.07, 6.45) is 3.67. The molecule has 0 atom stereocenters. The zero-order chi connectivity index (χ0) is 26.9. The predicted octanol–water partition coefficient (Wildman–Crippen LogP) is 5.24. The lowest BCUT2D eigenvalue weighted by molar-refractivity contribution is 0.102. The summed E-state index contributed by atoms with van der Waals surface area (Å²) in [6, 6.07) is 17.8. The summed E-state index contributed by atoms with van der Waals surface area (Å²) < 4.78 is 29.9. The number of sulfonamides is 1. The molecule has 1 amide bonds. The first-order valence-electron chi connectivity index (χ1n) is 12.5. The maximum atomic E-state index is 13.4. The number of aryl methyl sites for hydroxylation is 1. The van der Waals surface area contributed by atoms with Crippen molar-refractivity contribution in [3.8, 4) is 0 Å². The second-order valence-electron chi connectivity index (χ2n) is 9.13. The van der Waals surface area contributed by atoms with Crippen LogP contribution in [0.2, 0.25) is 5.02 Å². The molecule has 0 saturated carbocycles. The second kappa shape index (κ2) is 10.6. The van der Waals surface area contributed by atoms with E-state index in [4.69, 9.17) is 11.6 Å². The van der Waals surface area contributed by atoms with Crippen molar-refractivity contribution in [1.82, 2.24) is 9.55 Å². The molecule has 0 bridgehead atoms. The fourth-order valence-electron chi connectivity index (χ4n) is 4.73. The highest BCUT2D eigenvalue weighted by Gasteiger charge is 2.25. The highest BCUT2D eigenvalue weighted by molar-refractivity contribution is 7.92. The van der Waals surface area contributed by atoms with Crippen molar-refractivity contribution in [3.63, 3.8) is 0 Å². The summed E-state index contributed by atoms with van der Waals surface area (Å²) in [6.45, 7) is 2.63. The van der Waals surface area contributed by atoms with E-state index in [9.17, 15) is 18.0 Å². The van der Waals surface area contributed by atoms with Crippen LogP contribution in [-0.4, -0.2) is 30.4 Å². The largest absolute Gasteiger partial charge is 0.321 e. The number of anilines is 2. The van der Waals surface area contributed by atoms with Gasteiger partial charge in [-0.25, -0.2) is 13.4 Å². The van der Waals surface area contributed by atoms with Crippen LogP contribution in [0.5, 0.6) is 0 Å².